The van der Waals surface area contributed by atoms with Gasteiger partial charge in [0.15, 0.2) is 15.0 Å². The third-order valence-corrected chi connectivity index (χ3v) is 6.42. The van der Waals surface area contributed by atoms with E-state index in [9.17, 15) is 18.3 Å². The number of anilines is 2. The zero-order valence-electron chi connectivity index (χ0n) is 15.7. The molecule has 0 unspecified atom stereocenters. The van der Waals surface area contributed by atoms with E-state index < -0.39 is 15.9 Å². The quantitative estimate of drug-likeness (QED) is 0.592. The van der Waals surface area contributed by atoms with Gasteiger partial charge in [-0.2, -0.15) is 0 Å². The highest BCUT2D eigenvalue weighted by atomic mass is 32.2. The van der Waals surface area contributed by atoms with Gasteiger partial charge in [-0.15, -0.1) is 11.3 Å². The molecule has 1 amide bonds. The SMILES string of the molecule is CS(=O)(=O)c1ccc(Cc2sc(N)nc2CCc2ccc(NC(=O)[O-])cc2)cc1. The van der Waals surface area contributed by atoms with E-state index in [1.807, 2.05) is 12.1 Å². The van der Waals surface area contributed by atoms with E-state index in [0.29, 0.717) is 28.6 Å². The molecule has 2 aromatic carbocycles. The molecule has 0 fully saturated rings. The van der Waals surface area contributed by atoms with Crippen molar-refractivity contribution in [3.63, 3.8) is 0 Å². The van der Waals surface area contributed by atoms with Crippen molar-refractivity contribution in [3.8, 4) is 0 Å². The van der Waals surface area contributed by atoms with Gasteiger partial charge in [-0.25, -0.2) is 13.4 Å². The van der Waals surface area contributed by atoms with Crippen LogP contribution in [0, 0.1) is 0 Å². The Kier molecular flexibility index (Phi) is 6.19. The van der Waals surface area contributed by atoms with E-state index >= 15 is 0 Å². The fraction of sp³-hybridized carbons (Fsp3) is 0.200. The molecule has 0 radical (unpaired) electrons. The van der Waals surface area contributed by atoms with Crippen LogP contribution < -0.4 is 16.2 Å². The number of hydrogen-bond acceptors (Lipinski definition) is 7. The Bertz CT molecular complexity index is 1110. The van der Waals surface area contributed by atoms with E-state index in [0.717, 1.165) is 28.1 Å². The van der Waals surface area contributed by atoms with Crippen LogP contribution in [0.3, 0.4) is 0 Å². The Labute approximate surface area is 173 Å². The van der Waals surface area contributed by atoms with Gasteiger partial charge in [-0.1, -0.05) is 24.3 Å². The van der Waals surface area contributed by atoms with E-state index in [2.05, 4.69) is 10.3 Å². The van der Waals surface area contributed by atoms with Crippen LogP contribution in [0.2, 0.25) is 0 Å². The van der Waals surface area contributed by atoms with Gasteiger partial charge in [0.25, 0.3) is 0 Å². The maximum Gasteiger partial charge on any atom is 0.180 e. The van der Waals surface area contributed by atoms with Crippen molar-refractivity contribution < 1.29 is 18.3 Å². The molecular formula is C20H20N3O4S2-. The summed E-state index contributed by atoms with van der Waals surface area (Å²) < 4.78 is 23.2. The third kappa shape index (κ3) is 5.78. The molecule has 1 aromatic heterocycles. The second-order valence-electron chi connectivity index (χ2n) is 6.62. The zero-order valence-corrected chi connectivity index (χ0v) is 17.3. The van der Waals surface area contributed by atoms with Gasteiger partial charge < -0.3 is 21.0 Å². The minimum absolute atomic E-state index is 0.293. The van der Waals surface area contributed by atoms with Crippen molar-refractivity contribution in [2.24, 2.45) is 0 Å². The number of carbonyl (C=O) groups is 1. The average molecular weight is 431 g/mol. The number of carbonyl (C=O) groups excluding carboxylic acids is 1. The minimum atomic E-state index is -3.22. The Hall–Kier alpha value is -2.91. The van der Waals surface area contributed by atoms with E-state index in [-0.39, 0.29) is 0 Å². The van der Waals surface area contributed by atoms with Gasteiger partial charge in [-0.3, -0.25) is 0 Å². The molecule has 0 aliphatic rings. The molecule has 0 spiro atoms. The number of sulfone groups is 1. The number of aryl methyl sites for hydroxylation is 2. The second-order valence-corrected chi connectivity index (χ2v) is 9.76. The van der Waals surface area contributed by atoms with Crippen molar-refractivity contribution in [1.82, 2.24) is 4.98 Å². The van der Waals surface area contributed by atoms with E-state index in [1.54, 1.807) is 36.4 Å². The highest BCUT2D eigenvalue weighted by Gasteiger charge is 2.12. The number of aromatic nitrogens is 1. The molecule has 1 heterocycles. The summed E-state index contributed by atoms with van der Waals surface area (Å²) in [7, 11) is -3.22. The number of nitrogen functional groups attached to an aromatic ring is 1. The first-order valence-corrected chi connectivity index (χ1v) is 11.5. The number of thiazole rings is 1. The molecule has 3 aromatic rings. The number of nitrogens with one attached hydrogen (secondary N) is 1. The molecule has 29 heavy (non-hydrogen) atoms. The number of amides is 1. The van der Waals surface area contributed by atoms with Crippen LogP contribution in [0.5, 0.6) is 0 Å². The van der Waals surface area contributed by atoms with Crippen LogP contribution in [-0.2, 0) is 29.1 Å². The monoisotopic (exact) mass is 430 g/mol. The number of carboxylic acid groups (broad SMARTS) is 1. The van der Waals surface area contributed by atoms with Crippen molar-refractivity contribution in [2.45, 2.75) is 24.2 Å². The molecule has 9 heteroatoms. The summed E-state index contributed by atoms with van der Waals surface area (Å²) in [6.07, 6.45) is 1.89. The Morgan fingerprint density at radius 1 is 1.07 bits per heavy atom. The number of nitrogens with two attached hydrogens (primary N) is 1. The smallest absolute Gasteiger partial charge is 0.180 e. The van der Waals surface area contributed by atoms with Crippen LogP contribution in [-0.4, -0.2) is 25.8 Å². The molecule has 152 valence electrons. The first kappa shape index (κ1) is 20.8. The highest BCUT2D eigenvalue weighted by molar-refractivity contribution is 7.90. The fourth-order valence-corrected chi connectivity index (χ4v) is 4.46. The van der Waals surface area contributed by atoms with Gasteiger partial charge >= 0.3 is 0 Å². The van der Waals surface area contributed by atoms with Crippen LogP contribution in [0.25, 0.3) is 0 Å². The third-order valence-electron chi connectivity index (χ3n) is 4.36. The number of nitrogens with zero attached hydrogens (tertiary/aromatic N) is 1. The fourth-order valence-electron chi connectivity index (χ4n) is 2.91. The molecule has 0 atom stereocenters. The van der Waals surface area contributed by atoms with Crippen LogP contribution in [0.4, 0.5) is 15.6 Å². The minimum Gasteiger partial charge on any atom is -0.530 e. The van der Waals surface area contributed by atoms with Crippen LogP contribution >= 0.6 is 11.3 Å². The van der Waals surface area contributed by atoms with Gasteiger partial charge in [0.1, 0.15) is 6.09 Å². The second kappa shape index (κ2) is 8.62. The largest absolute Gasteiger partial charge is 0.530 e. The zero-order chi connectivity index (χ0) is 21.0. The van der Waals surface area contributed by atoms with Crippen molar-refractivity contribution >= 4 is 38.1 Å². The number of hydrogen-bond donors (Lipinski definition) is 2. The predicted molar refractivity (Wildman–Crippen MR) is 112 cm³/mol. The summed E-state index contributed by atoms with van der Waals surface area (Å²) >= 11 is 1.43. The summed E-state index contributed by atoms with van der Waals surface area (Å²) in [4.78, 5) is 16.3. The van der Waals surface area contributed by atoms with E-state index in [1.165, 1.54) is 17.6 Å². The molecule has 0 saturated heterocycles. The summed E-state index contributed by atoms with van der Waals surface area (Å²) in [5.41, 5.74) is 9.32. The van der Waals surface area contributed by atoms with Gasteiger partial charge in [0.2, 0.25) is 0 Å². The molecular weight excluding hydrogens is 410 g/mol. The predicted octanol–water partition coefficient (Wildman–Crippen LogP) is 2.26. The Balaban J connectivity index is 1.68. The molecule has 0 bridgehead atoms. The maximum absolute atomic E-state index is 11.6. The van der Waals surface area contributed by atoms with Crippen LogP contribution in [0.1, 0.15) is 21.7 Å². The topological polar surface area (TPSA) is 125 Å². The number of rotatable bonds is 7. The Morgan fingerprint density at radius 3 is 2.28 bits per heavy atom. The van der Waals surface area contributed by atoms with Crippen molar-refractivity contribution in [2.75, 3.05) is 17.3 Å². The first-order chi connectivity index (χ1) is 13.7. The van der Waals surface area contributed by atoms with Gasteiger partial charge in [0, 0.05) is 23.2 Å². The first-order valence-electron chi connectivity index (χ1n) is 8.81. The lowest BCUT2D eigenvalue weighted by molar-refractivity contribution is -0.242. The molecule has 7 nitrogen and oxygen atoms in total. The maximum atomic E-state index is 11.6. The normalized spacial score (nSPS) is 11.3. The lowest BCUT2D eigenvalue weighted by atomic mass is 10.0. The lowest BCUT2D eigenvalue weighted by Crippen LogP contribution is -2.28. The summed E-state index contributed by atoms with van der Waals surface area (Å²) in [6, 6.07) is 13.9. The standard InChI is InChI=1S/C20H21N3O4S2/c1-29(26,27)16-9-4-14(5-10-16)12-18-17(23-19(21)28-18)11-6-13-2-7-15(8-3-13)22-20(24)25/h2-5,7-10,22H,6,11-12H2,1H3,(H2,21,23)(H,24,25)/p-1. The van der Waals surface area contributed by atoms with Gasteiger partial charge in [0.05, 0.1) is 10.6 Å². The van der Waals surface area contributed by atoms with E-state index in [4.69, 9.17) is 5.73 Å². The molecule has 0 saturated carbocycles. The number of benzene rings is 2. The molecule has 0 aliphatic carbocycles. The van der Waals surface area contributed by atoms with Crippen molar-refractivity contribution in [1.29, 1.82) is 0 Å². The average Bonchev–Trinajstić information content (AvgIpc) is 2.99. The molecule has 3 N–H and O–H groups in total. The molecule has 0 aliphatic heterocycles. The summed E-state index contributed by atoms with van der Waals surface area (Å²) in [6.45, 7) is 0. The summed E-state index contributed by atoms with van der Waals surface area (Å²) in [5, 5.41) is 13.2. The highest BCUT2D eigenvalue weighted by Crippen LogP contribution is 2.25. The van der Waals surface area contributed by atoms with Crippen molar-refractivity contribution in [3.05, 3.63) is 70.2 Å². The summed E-state index contributed by atoms with van der Waals surface area (Å²) in [5.74, 6) is 0. The van der Waals surface area contributed by atoms with Crippen LogP contribution in [0.15, 0.2) is 53.4 Å². The lowest BCUT2D eigenvalue weighted by Gasteiger charge is -2.08. The molecule has 3 rings (SSSR count). The Morgan fingerprint density at radius 2 is 1.69 bits per heavy atom. The van der Waals surface area contributed by atoms with Gasteiger partial charge in [-0.05, 0) is 48.2 Å².